The highest BCUT2D eigenvalue weighted by molar-refractivity contribution is 7.90. The molecule has 1 fully saturated rings. The van der Waals surface area contributed by atoms with Crippen LogP contribution in [0.1, 0.15) is 80.3 Å². The van der Waals surface area contributed by atoms with E-state index < -0.39 is 33.3 Å². The van der Waals surface area contributed by atoms with Gasteiger partial charge in [0.05, 0.1) is 24.2 Å². The van der Waals surface area contributed by atoms with E-state index in [-0.39, 0.29) is 23.5 Å². The van der Waals surface area contributed by atoms with Crippen molar-refractivity contribution in [2.75, 3.05) is 25.1 Å². The quantitative estimate of drug-likeness (QED) is 0.301. The SMILES string of the molecule is CC[C@@H]1CC/C=C/[C@H](O[C@H](C)C(=O)OC)[C@@H]2CC[C@H]2CN2CCCCc3cc(Cl)ccc3COc3ccc(cc32)C(=O)NS1(=O)=O. The van der Waals surface area contributed by atoms with Crippen molar-refractivity contribution >= 4 is 39.2 Å². The lowest BCUT2D eigenvalue weighted by Crippen LogP contribution is -2.45. The Bertz CT molecular complexity index is 1550. The number of benzene rings is 2. The molecule has 1 aliphatic carbocycles. The van der Waals surface area contributed by atoms with Gasteiger partial charge in [-0.3, -0.25) is 4.79 Å². The Hall–Kier alpha value is -3.08. The standard InChI is InChI=1S/C35H45ClN2O7S/c1-4-29-10-5-6-11-32(45-23(2)35(40)43-3)30-16-13-26(30)21-38-18-8-7-9-24-19-28(36)15-12-27(24)22-44-33-17-14-25(20-31(33)38)34(39)37-46(29,41)42/h6,11-12,14-15,17,19-20,23,26,29-30,32H,4-5,7-10,13,16,18,21-22H2,1-3H3,(H,37,39)/b11-6+/t23-,26+,29-,30-,32+/m1/s1. The predicted molar refractivity (Wildman–Crippen MR) is 179 cm³/mol. The highest BCUT2D eigenvalue weighted by Crippen LogP contribution is 2.42. The van der Waals surface area contributed by atoms with Gasteiger partial charge in [-0.2, -0.15) is 0 Å². The van der Waals surface area contributed by atoms with Gasteiger partial charge in [0.2, 0.25) is 10.0 Å². The zero-order valence-corrected chi connectivity index (χ0v) is 28.4. The van der Waals surface area contributed by atoms with Gasteiger partial charge in [-0.15, -0.1) is 0 Å². The van der Waals surface area contributed by atoms with Gasteiger partial charge >= 0.3 is 5.97 Å². The fourth-order valence-electron chi connectivity index (χ4n) is 6.73. The van der Waals surface area contributed by atoms with Gasteiger partial charge in [0.1, 0.15) is 12.4 Å². The monoisotopic (exact) mass is 672 g/mol. The molecule has 5 atom stereocenters. The van der Waals surface area contributed by atoms with Crippen LogP contribution in [0, 0.1) is 11.8 Å². The summed E-state index contributed by atoms with van der Waals surface area (Å²) in [6.07, 6.45) is 8.69. The number of methoxy groups -OCH3 is 1. The molecule has 0 unspecified atom stereocenters. The molecule has 5 rings (SSSR count). The van der Waals surface area contributed by atoms with E-state index in [9.17, 15) is 18.0 Å². The van der Waals surface area contributed by atoms with Gasteiger partial charge < -0.3 is 19.1 Å². The molecular formula is C35H45ClN2O7S. The first-order valence-corrected chi connectivity index (χ1v) is 18.3. The van der Waals surface area contributed by atoms with Gasteiger partial charge in [-0.05, 0) is 112 Å². The predicted octanol–water partition coefficient (Wildman–Crippen LogP) is 6.22. The highest BCUT2D eigenvalue weighted by atomic mass is 35.5. The van der Waals surface area contributed by atoms with E-state index in [1.807, 2.05) is 30.4 Å². The van der Waals surface area contributed by atoms with Gasteiger partial charge in [-0.25, -0.2) is 17.9 Å². The lowest BCUT2D eigenvalue weighted by molar-refractivity contribution is -0.158. The molecule has 3 aliphatic rings. The van der Waals surface area contributed by atoms with Crippen molar-refractivity contribution in [1.29, 1.82) is 0 Å². The van der Waals surface area contributed by atoms with Gasteiger partial charge in [0.25, 0.3) is 5.91 Å². The largest absolute Gasteiger partial charge is 0.487 e. The van der Waals surface area contributed by atoms with Gasteiger partial charge in [-0.1, -0.05) is 36.7 Å². The number of nitrogens with zero attached hydrogens (tertiary/aromatic N) is 1. The molecule has 46 heavy (non-hydrogen) atoms. The number of amides is 1. The summed E-state index contributed by atoms with van der Waals surface area (Å²) in [6, 6.07) is 11.0. The molecule has 0 saturated heterocycles. The zero-order chi connectivity index (χ0) is 32.8. The third-order valence-electron chi connectivity index (χ3n) is 9.60. The van der Waals surface area contributed by atoms with Crippen molar-refractivity contribution in [2.45, 2.75) is 89.3 Å². The Labute approximate surface area is 277 Å². The normalized spacial score (nSPS) is 26.4. The number of hydrogen-bond acceptors (Lipinski definition) is 8. The minimum Gasteiger partial charge on any atom is -0.487 e. The fourth-order valence-corrected chi connectivity index (χ4v) is 8.35. The summed E-state index contributed by atoms with van der Waals surface area (Å²) < 4.78 is 46.7. The first kappa shape index (κ1) is 34.3. The van der Waals surface area contributed by atoms with Gasteiger partial charge in [0.15, 0.2) is 6.10 Å². The molecule has 0 spiro atoms. The van der Waals surface area contributed by atoms with Crippen LogP contribution in [-0.2, 0) is 37.3 Å². The average Bonchev–Trinajstić information content (AvgIpc) is 3.04. The van der Waals surface area contributed by atoms with E-state index >= 15 is 0 Å². The Kier molecular flexibility index (Phi) is 11.3. The van der Waals surface area contributed by atoms with Crippen molar-refractivity contribution in [1.82, 2.24) is 4.72 Å². The Balaban J connectivity index is 1.53. The molecule has 11 heteroatoms. The number of carbonyl (C=O) groups excluding carboxylic acids is 2. The molecule has 0 aromatic heterocycles. The van der Waals surface area contributed by atoms with E-state index in [4.69, 9.17) is 25.8 Å². The molecule has 9 nitrogen and oxygen atoms in total. The molecule has 1 amide bonds. The number of halogens is 1. The van der Waals surface area contributed by atoms with Crippen LogP contribution >= 0.6 is 11.6 Å². The number of nitrogens with one attached hydrogen (secondary N) is 1. The number of fused-ring (bicyclic) bond motifs is 3. The summed E-state index contributed by atoms with van der Waals surface area (Å²) in [6.45, 7) is 5.25. The van der Waals surface area contributed by atoms with E-state index in [0.29, 0.717) is 43.2 Å². The van der Waals surface area contributed by atoms with Crippen molar-refractivity contribution in [3.05, 3.63) is 70.3 Å². The third kappa shape index (κ3) is 8.06. The molecular weight excluding hydrogens is 628 g/mol. The Morgan fingerprint density at radius 2 is 1.96 bits per heavy atom. The summed E-state index contributed by atoms with van der Waals surface area (Å²) >= 11 is 6.33. The Morgan fingerprint density at radius 1 is 1.13 bits per heavy atom. The number of esters is 1. The summed E-state index contributed by atoms with van der Waals surface area (Å²) in [7, 11) is -2.59. The molecule has 250 valence electrons. The fraction of sp³-hybridized carbons (Fsp3) is 0.543. The third-order valence-corrected chi connectivity index (χ3v) is 11.7. The van der Waals surface area contributed by atoms with Crippen LogP contribution in [-0.4, -0.2) is 58.0 Å². The second-order valence-electron chi connectivity index (χ2n) is 12.6. The molecule has 0 radical (unpaired) electrons. The van der Waals surface area contributed by atoms with E-state index in [1.165, 1.54) is 7.11 Å². The second-order valence-corrected chi connectivity index (χ2v) is 15.0. The molecule has 1 saturated carbocycles. The lowest BCUT2D eigenvalue weighted by atomic mass is 9.70. The van der Waals surface area contributed by atoms with E-state index in [1.54, 1.807) is 32.0 Å². The summed E-state index contributed by atoms with van der Waals surface area (Å²) in [5.41, 5.74) is 3.23. The van der Waals surface area contributed by atoms with Crippen molar-refractivity contribution < 1.29 is 32.2 Å². The Morgan fingerprint density at radius 3 is 2.70 bits per heavy atom. The zero-order valence-electron chi connectivity index (χ0n) is 26.9. The highest BCUT2D eigenvalue weighted by Gasteiger charge is 2.39. The molecule has 2 aromatic rings. The number of rotatable bonds is 4. The average molecular weight is 673 g/mol. The topological polar surface area (TPSA) is 111 Å². The van der Waals surface area contributed by atoms with Crippen LogP contribution < -0.4 is 14.4 Å². The number of sulfonamides is 1. The second kappa shape index (κ2) is 15.2. The number of carbonyl (C=O) groups is 2. The van der Waals surface area contributed by atoms with Crippen LogP contribution in [0.4, 0.5) is 5.69 Å². The van der Waals surface area contributed by atoms with Crippen LogP contribution in [0.5, 0.6) is 5.75 Å². The van der Waals surface area contributed by atoms with Crippen LogP contribution in [0.3, 0.4) is 0 Å². The number of hydrogen-bond donors (Lipinski definition) is 1. The maximum absolute atomic E-state index is 13.4. The molecule has 2 bridgehead atoms. The number of anilines is 1. The lowest BCUT2D eigenvalue weighted by Gasteiger charge is -2.44. The minimum absolute atomic E-state index is 0.155. The van der Waals surface area contributed by atoms with Crippen LogP contribution in [0.15, 0.2) is 48.6 Å². The summed E-state index contributed by atoms with van der Waals surface area (Å²) in [5, 5.41) is -0.0496. The van der Waals surface area contributed by atoms with Crippen LogP contribution in [0.2, 0.25) is 5.02 Å². The summed E-state index contributed by atoms with van der Waals surface area (Å²) in [5.74, 6) is -0.0371. The number of aryl methyl sites for hydroxylation is 1. The molecule has 2 aromatic carbocycles. The number of allylic oxidation sites excluding steroid dienone is 1. The molecule has 1 N–H and O–H groups in total. The van der Waals surface area contributed by atoms with Crippen molar-refractivity contribution in [3.8, 4) is 5.75 Å². The smallest absolute Gasteiger partial charge is 0.334 e. The maximum Gasteiger partial charge on any atom is 0.334 e. The maximum atomic E-state index is 13.4. The number of ether oxygens (including phenoxy) is 3. The van der Waals surface area contributed by atoms with Crippen molar-refractivity contribution in [2.24, 2.45) is 11.8 Å². The van der Waals surface area contributed by atoms with Crippen LogP contribution in [0.25, 0.3) is 0 Å². The summed E-state index contributed by atoms with van der Waals surface area (Å²) in [4.78, 5) is 28.0. The van der Waals surface area contributed by atoms with E-state index in [2.05, 4.69) is 9.62 Å². The first-order chi connectivity index (χ1) is 22.1. The van der Waals surface area contributed by atoms with Crippen molar-refractivity contribution in [3.63, 3.8) is 0 Å². The van der Waals surface area contributed by atoms with Gasteiger partial charge in [0, 0.05) is 23.7 Å². The van der Waals surface area contributed by atoms with E-state index in [0.717, 1.165) is 55.5 Å². The first-order valence-electron chi connectivity index (χ1n) is 16.3. The molecule has 2 heterocycles. The molecule has 2 aliphatic heterocycles. The minimum atomic E-state index is -3.94.